The summed E-state index contributed by atoms with van der Waals surface area (Å²) in [6.45, 7) is 9.23. The van der Waals surface area contributed by atoms with Crippen molar-refractivity contribution in [2.75, 3.05) is 57.5 Å². The molecule has 0 spiro atoms. The summed E-state index contributed by atoms with van der Waals surface area (Å²) in [5.74, 6) is 0.428. The highest BCUT2D eigenvalue weighted by atomic mass is 16.1. The van der Waals surface area contributed by atoms with Crippen LogP contribution in [0.15, 0.2) is 65.8 Å². The third-order valence-electron chi connectivity index (χ3n) is 6.86. The molecular formula is C30H37N7O. The Morgan fingerprint density at radius 2 is 1.84 bits per heavy atom. The van der Waals surface area contributed by atoms with Crippen molar-refractivity contribution < 1.29 is 4.79 Å². The normalized spacial score (nSPS) is 15.1. The maximum absolute atomic E-state index is 13.0. The summed E-state index contributed by atoms with van der Waals surface area (Å²) in [5, 5.41) is 3.04. The predicted molar refractivity (Wildman–Crippen MR) is 157 cm³/mol. The first-order valence-corrected chi connectivity index (χ1v) is 13.0. The molecule has 38 heavy (non-hydrogen) atoms. The summed E-state index contributed by atoms with van der Waals surface area (Å²) >= 11 is 0. The van der Waals surface area contributed by atoms with Crippen LogP contribution >= 0.6 is 0 Å². The molecule has 0 atom stereocenters. The number of hydrogen-bond donors (Lipinski definition) is 1. The van der Waals surface area contributed by atoms with Gasteiger partial charge in [-0.1, -0.05) is 24.3 Å². The minimum Gasteiger partial charge on any atom is -0.322 e. The molecule has 1 aromatic heterocycles. The number of carbonyl (C=O) groups excluding carboxylic acids is 1. The zero-order chi connectivity index (χ0) is 27.1. The Labute approximate surface area is 225 Å². The van der Waals surface area contributed by atoms with E-state index in [2.05, 4.69) is 32.1 Å². The summed E-state index contributed by atoms with van der Waals surface area (Å²) < 4.78 is 0. The lowest BCUT2D eigenvalue weighted by Gasteiger charge is -2.32. The van der Waals surface area contributed by atoms with E-state index in [0.717, 1.165) is 55.2 Å². The first-order chi connectivity index (χ1) is 18.4. The molecule has 0 aliphatic carbocycles. The standard InChI is InChI=1S/C30H37N7O/c1-6-24(20-31-3)27-13-14-32-30(34-27)36(5)28-19-26(12-7-22(28)2)33-29(38)25-10-8-23(9-11-25)21-37-17-15-35(4)16-18-37/h6-14,19-20H,15-18,21H2,1-5H3,(H,33,38)/b24-6+,31-20?. The molecule has 8 nitrogen and oxygen atoms in total. The lowest BCUT2D eigenvalue weighted by atomic mass is 10.1. The van der Waals surface area contributed by atoms with E-state index in [-0.39, 0.29) is 5.91 Å². The summed E-state index contributed by atoms with van der Waals surface area (Å²) in [7, 11) is 5.83. The van der Waals surface area contributed by atoms with Gasteiger partial charge in [0, 0.05) is 81.7 Å². The predicted octanol–water partition coefficient (Wildman–Crippen LogP) is 4.66. The molecule has 0 saturated carbocycles. The van der Waals surface area contributed by atoms with Gasteiger partial charge in [0.05, 0.1) is 5.69 Å². The molecule has 2 heterocycles. The van der Waals surface area contributed by atoms with Gasteiger partial charge >= 0.3 is 0 Å². The average Bonchev–Trinajstić information content (AvgIpc) is 2.94. The van der Waals surface area contributed by atoms with Gasteiger partial charge in [-0.2, -0.15) is 0 Å². The van der Waals surface area contributed by atoms with Gasteiger partial charge in [0.2, 0.25) is 5.95 Å². The zero-order valence-electron chi connectivity index (χ0n) is 23.0. The van der Waals surface area contributed by atoms with Crippen molar-refractivity contribution in [3.05, 3.63) is 83.2 Å². The molecular weight excluding hydrogens is 474 g/mol. The minimum absolute atomic E-state index is 0.136. The maximum Gasteiger partial charge on any atom is 0.255 e. The Kier molecular flexibility index (Phi) is 8.99. The largest absolute Gasteiger partial charge is 0.322 e. The van der Waals surface area contributed by atoms with Crippen molar-refractivity contribution in [1.29, 1.82) is 0 Å². The van der Waals surface area contributed by atoms with Gasteiger partial charge in [0.15, 0.2) is 0 Å². The van der Waals surface area contributed by atoms with Crippen LogP contribution in [0.3, 0.4) is 0 Å². The molecule has 198 valence electrons. The molecule has 1 N–H and O–H groups in total. The Hall–Kier alpha value is -3.88. The van der Waals surface area contributed by atoms with E-state index in [0.29, 0.717) is 17.2 Å². The number of benzene rings is 2. The minimum atomic E-state index is -0.136. The maximum atomic E-state index is 13.0. The van der Waals surface area contributed by atoms with E-state index in [1.165, 1.54) is 5.56 Å². The van der Waals surface area contributed by atoms with Gasteiger partial charge in [0.1, 0.15) is 0 Å². The number of carbonyl (C=O) groups is 1. The van der Waals surface area contributed by atoms with Gasteiger partial charge in [-0.15, -0.1) is 0 Å². The molecule has 0 bridgehead atoms. The summed E-state index contributed by atoms with van der Waals surface area (Å²) in [5.41, 5.74) is 6.26. The molecule has 0 unspecified atom stereocenters. The molecule has 2 aromatic carbocycles. The number of allylic oxidation sites excluding steroid dienone is 2. The van der Waals surface area contributed by atoms with E-state index < -0.39 is 0 Å². The number of aliphatic imine (C=N–C) groups is 1. The van der Waals surface area contributed by atoms with Gasteiger partial charge in [-0.05, 0) is 62.4 Å². The van der Waals surface area contributed by atoms with Crippen LogP contribution in [-0.2, 0) is 6.54 Å². The van der Waals surface area contributed by atoms with Gasteiger partial charge < -0.3 is 15.1 Å². The van der Waals surface area contributed by atoms with E-state index in [9.17, 15) is 4.79 Å². The van der Waals surface area contributed by atoms with Crippen molar-refractivity contribution in [2.24, 2.45) is 4.99 Å². The summed E-state index contributed by atoms with van der Waals surface area (Å²) in [6.07, 6.45) is 5.50. The number of hydrogen-bond acceptors (Lipinski definition) is 7. The number of rotatable bonds is 8. The number of piperazine rings is 1. The number of nitrogens with one attached hydrogen (secondary N) is 1. The molecule has 1 aliphatic rings. The van der Waals surface area contributed by atoms with Gasteiger partial charge in [-0.25, -0.2) is 9.97 Å². The van der Waals surface area contributed by atoms with E-state index >= 15 is 0 Å². The van der Waals surface area contributed by atoms with Crippen molar-refractivity contribution in [3.63, 3.8) is 0 Å². The number of aryl methyl sites for hydroxylation is 1. The molecule has 1 saturated heterocycles. The van der Waals surface area contributed by atoms with Crippen molar-refractivity contribution in [1.82, 2.24) is 19.8 Å². The number of anilines is 3. The number of likely N-dealkylation sites (N-methyl/N-ethyl adjacent to an activating group) is 1. The van der Waals surface area contributed by atoms with Gasteiger partial charge in [-0.3, -0.25) is 14.7 Å². The molecule has 4 rings (SSSR count). The van der Waals surface area contributed by atoms with Gasteiger partial charge in [0.25, 0.3) is 5.91 Å². The quantitative estimate of drug-likeness (QED) is 0.444. The summed E-state index contributed by atoms with van der Waals surface area (Å²) in [6, 6.07) is 15.6. The Balaban J connectivity index is 1.45. The van der Waals surface area contributed by atoms with Crippen LogP contribution in [0.25, 0.3) is 5.57 Å². The third kappa shape index (κ3) is 6.70. The Morgan fingerprint density at radius 1 is 1.11 bits per heavy atom. The highest BCUT2D eigenvalue weighted by molar-refractivity contribution is 6.09. The smallest absolute Gasteiger partial charge is 0.255 e. The Morgan fingerprint density at radius 3 is 2.53 bits per heavy atom. The molecule has 1 fully saturated rings. The zero-order valence-corrected chi connectivity index (χ0v) is 23.0. The van der Waals surface area contributed by atoms with Crippen LogP contribution in [0.1, 0.15) is 34.1 Å². The number of nitrogens with zero attached hydrogens (tertiary/aromatic N) is 6. The van der Waals surface area contributed by atoms with Crippen LogP contribution in [0.5, 0.6) is 0 Å². The second-order valence-electron chi connectivity index (χ2n) is 9.66. The molecule has 1 amide bonds. The molecule has 1 aliphatic heterocycles. The highest BCUT2D eigenvalue weighted by Gasteiger charge is 2.16. The average molecular weight is 512 g/mol. The Bertz CT molecular complexity index is 1310. The summed E-state index contributed by atoms with van der Waals surface area (Å²) in [4.78, 5) is 33.1. The van der Waals surface area contributed by atoms with Crippen molar-refractivity contribution >= 4 is 35.0 Å². The lowest BCUT2D eigenvalue weighted by Crippen LogP contribution is -2.43. The van der Waals surface area contributed by atoms with Crippen molar-refractivity contribution in [2.45, 2.75) is 20.4 Å². The van der Waals surface area contributed by atoms with Crippen LogP contribution in [0, 0.1) is 6.92 Å². The SMILES string of the molecule is C/C=C(\C=NC)c1ccnc(N(C)c2cc(NC(=O)c3ccc(CN4CCN(C)CC4)cc3)ccc2C)n1. The molecule has 3 aromatic rings. The van der Waals surface area contributed by atoms with Crippen LogP contribution in [-0.4, -0.2) is 79.2 Å². The second-order valence-corrected chi connectivity index (χ2v) is 9.66. The fourth-order valence-electron chi connectivity index (χ4n) is 4.48. The fraction of sp³-hybridized carbons (Fsp3) is 0.333. The first-order valence-electron chi connectivity index (χ1n) is 13.0. The number of amides is 1. The lowest BCUT2D eigenvalue weighted by molar-refractivity contribution is 0.102. The molecule has 0 radical (unpaired) electrons. The van der Waals surface area contributed by atoms with Crippen molar-refractivity contribution in [3.8, 4) is 0 Å². The van der Waals surface area contributed by atoms with Crippen LogP contribution < -0.4 is 10.2 Å². The van der Waals surface area contributed by atoms with Crippen LogP contribution in [0.4, 0.5) is 17.3 Å². The molecule has 8 heteroatoms. The van der Waals surface area contributed by atoms with E-state index in [1.807, 2.05) is 80.4 Å². The second kappa shape index (κ2) is 12.6. The monoisotopic (exact) mass is 511 g/mol. The van der Waals surface area contributed by atoms with E-state index in [1.54, 1.807) is 19.5 Å². The highest BCUT2D eigenvalue weighted by Crippen LogP contribution is 2.28. The number of aromatic nitrogens is 2. The van der Waals surface area contributed by atoms with Crippen LogP contribution in [0.2, 0.25) is 0 Å². The fourth-order valence-corrected chi connectivity index (χ4v) is 4.48. The third-order valence-corrected chi connectivity index (χ3v) is 6.86. The first kappa shape index (κ1) is 27.2. The van der Waals surface area contributed by atoms with E-state index in [4.69, 9.17) is 4.98 Å². The topological polar surface area (TPSA) is 77.0 Å².